The van der Waals surface area contributed by atoms with Gasteiger partial charge in [0.05, 0.1) is 11.1 Å². The lowest BCUT2D eigenvalue weighted by Gasteiger charge is -2.21. The lowest BCUT2D eigenvalue weighted by atomic mass is 10.1. The maximum atomic E-state index is 6.49. The van der Waals surface area contributed by atoms with Gasteiger partial charge in [0.1, 0.15) is 9.98 Å². The fourth-order valence-corrected chi connectivity index (χ4v) is 4.62. The van der Waals surface area contributed by atoms with Crippen molar-refractivity contribution in [2.75, 3.05) is 13.6 Å². The van der Waals surface area contributed by atoms with Crippen molar-refractivity contribution < 1.29 is 0 Å². The Morgan fingerprint density at radius 1 is 1.27 bits per heavy atom. The lowest BCUT2D eigenvalue weighted by Crippen LogP contribution is -2.25. The summed E-state index contributed by atoms with van der Waals surface area (Å²) in [7, 11) is 2.14. The summed E-state index contributed by atoms with van der Waals surface area (Å²) in [4.78, 5) is 13.8. The van der Waals surface area contributed by atoms with E-state index < -0.39 is 0 Å². The molecule has 3 aromatic heterocycles. The average Bonchev–Trinajstić information content (AvgIpc) is 2.97. The minimum atomic E-state index is 0.537. The van der Waals surface area contributed by atoms with Gasteiger partial charge in [-0.05, 0) is 38.9 Å². The number of hydrogen-bond donors (Lipinski definition) is 0. The summed E-state index contributed by atoms with van der Waals surface area (Å²) < 4.78 is 1.76. The summed E-state index contributed by atoms with van der Waals surface area (Å²) in [5.41, 5.74) is 3.28. The van der Waals surface area contributed by atoms with E-state index in [0.717, 1.165) is 41.1 Å². The van der Waals surface area contributed by atoms with Crippen molar-refractivity contribution in [3.05, 3.63) is 33.0 Å². The SMILES string of the molecule is Cc1cc(C)n(-c2nc(Cl)c3c4c(sc3n2)CN(C)CC4)n1. The normalized spacial score (nSPS) is 15.5. The van der Waals surface area contributed by atoms with Crippen LogP contribution in [0.15, 0.2) is 6.07 Å². The van der Waals surface area contributed by atoms with Crippen LogP contribution >= 0.6 is 22.9 Å². The monoisotopic (exact) mass is 333 g/mol. The van der Waals surface area contributed by atoms with E-state index in [-0.39, 0.29) is 0 Å². The molecule has 0 fully saturated rings. The van der Waals surface area contributed by atoms with Gasteiger partial charge < -0.3 is 4.90 Å². The van der Waals surface area contributed by atoms with Crippen LogP contribution < -0.4 is 0 Å². The molecule has 22 heavy (non-hydrogen) atoms. The minimum Gasteiger partial charge on any atom is -0.301 e. The number of thiophene rings is 1. The number of nitrogens with zero attached hydrogens (tertiary/aromatic N) is 5. The predicted octanol–water partition coefficient (Wildman–Crippen LogP) is 3.14. The molecule has 0 aromatic carbocycles. The lowest BCUT2D eigenvalue weighted by molar-refractivity contribution is 0.318. The third-order valence-corrected chi connectivity index (χ3v) is 5.42. The van der Waals surface area contributed by atoms with Crippen LogP contribution in [-0.4, -0.2) is 38.2 Å². The Morgan fingerprint density at radius 3 is 2.82 bits per heavy atom. The van der Waals surface area contributed by atoms with Gasteiger partial charge in [0.15, 0.2) is 0 Å². The molecule has 0 N–H and O–H groups in total. The molecule has 1 aliphatic rings. The molecule has 1 aliphatic heterocycles. The number of likely N-dealkylation sites (N-methyl/N-ethyl adjacent to an activating group) is 1. The largest absolute Gasteiger partial charge is 0.301 e. The molecular formula is C15H16ClN5S. The molecule has 4 heterocycles. The maximum absolute atomic E-state index is 6.49. The molecule has 0 saturated heterocycles. The van der Waals surface area contributed by atoms with E-state index in [1.54, 1.807) is 16.0 Å². The van der Waals surface area contributed by atoms with Gasteiger partial charge in [0.2, 0.25) is 0 Å². The van der Waals surface area contributed by atoms with E-state index in [0.29, 0.717) is 11.1 Å². The number of aromatic nitrogens is 4. The van der Waals surface area contributed by atoms with Crippen LogP contribution in [0.4, 0.5) is 0 Å². The molecule has 114 valence electrons. The van der Waals surface area contributed by atoms with Crippen molar-refractivity contribution in [1.29, 1.82) is 0 Å². The van der Waals surface area contributed by atoms with Gasteiger partial charge in [-0.25, -0.2) is 4.68 Å². The van der Waals surface area contributed by atoms with Crippen molar-refractivity contribution in [1.82, 2.24) is 24.6 Å². The van der Waals surface area contributed by atoms with Crippen molar-refractivity contribution in [3.8, 4) is 5.95 Å². The summed E-state index contributed by atoms with van der Waals surface area (Å²) in [5, 5.41) is 6.02. The van der Waals surface area contributed by atoms with E-state index in [1.165, 1.54) is 10.4 Å². The second kappa shape index (κ2) is 5.01. The maximum Gasteiger partial charge on any atom is 0.253 e. The molecule has 0 aliphatic carbocycles. The molecule has 4 rings (SSSR count). The zero-order valence-electron chi connectivity index (χ0n) is 12.7. The fraction of sp³-hybridized carbons (Fsp3) is 0.400. The Hall–Kier alpha value is -1.50. The van der Waals surface area contributed by atoms with Gasteiger partial charge in [-0.2, -0.15) is 15.1 Å². The van der Waals surface area contributed by atoms with E-state index in [9.17, 15) is 0 Å². The topological polar surface area (TPSA) is 46.8 Å². The van der Waals surface area contributed by atoms with Crippen molar-refractivity contribution in [3.63, 3.8) is 0 Å². The molecule has 0 saturated carbocycles. The molecule has 3 aromatic rings. The second-order valence-electron chi connectivity index (χ2n) is 5.83. The Bertz CT molecular complexity index is 882. The van der Waals surface area contributed by atoms with Crippen LogP contribution in [0.5, 0.6) is 0 Å². The van der Waals surface area contributed by atoms with E-state index >= 15 is 0 Å². The Kier molecular flexibility index (Phi) is 3.21. The van der Waals surface area contributed by atoms with Crippen LogP contribution in [0.1, 0.15) is 21.8 Å². The number of rotatable bonds is 1. The first-order chi connectivity index (χ1) is 10.5. The predicted molar refractivity (Wildman–Crippen MR) is 89.1 cm³/mol. The summed E-state index contributed by atoms with van der Waals surface area (Å²) in [6, 6.07) is 2.01. The highest BCUT2D eigenvalue weighted by molar-refractivity contribution is 7.19. The van der Waals surface area contributed by atoms with E-state index in [1.807, 2.05) is 19.9 Å². The smallest absolute Gasteiger partial charge is 0.253 e. The molecule has 0 atom stereocenters. The third-order valence-electron chi connectivity index (χ3n) is 4.03. The van der Waals surface area contributed by atoms with Crippen LogP contribution in [0.3, 0.4) is 0 Å². The van der Waals surface area contributed by atoms with E-state index in [4.69, 9.17) is 16.6 Å². The van der Waals surface area contributed by atoms with Crippen LogP contribution in [0.25, 0.3) is 16.2 Å². The van der Waals surface area contributed by atoms with Gasteiger partial charge in [-0.3, -0.25) is 0 Å². The first kappa shape index (κ1) is 14.1. The zero-order valence-corrected chi connectivity index (χ0v) is 14.3. The first-order valence-corrected chi connectivity index (χ1v) is 8.42. The summed E-state index contributed by atoms with van der Waals surface area (Å²) >= 11 is 8.21. The Morgan fingerprint density at radius 2 is 2.09 bits per heavy atom. The highest BCUT2D eigenvalue weighted by Gasteiger charge is 2.23. The number of aryl methyl sites for hydroxylation is 2. The molecule has 0 spiro atoms. The van der Waals surface area contributed by atoms with Gasteiger partial charge in [-0.15, -0.1) is 11.3 Å². The van der Waals surface area contributed by atoms with Gasteiger partial charge in [-0.1, -0.05) is 11.6 Å². The average molecular weight is 334 g/mol. The third kappa shape index (κ3) is 2.14. The van der Waals surface area contributed by atoms with Crippen LogP contribution in [0, 0.1) is 13.8 Å². The Labute approximate surface area is 137 Å². The zero-order chi connectivity index (χ0) is 15.4. The quantitative estimate of drug-likeness (QED) is 0.642. The number of halogens is 1. The summed E-state index contributed by atoms with van der Waals surface area (Å²) in [6.07, 6.45) is 1.01. The Balaban J connectivity index is 1.92. The van der Waals surface area contributed by atoms with Crippen molar-refractivity contribution in [2.45, 2.75) is 26.8 Å². The van der Waals surface area contributed by atoms with E-state index in [2.05, 4.69) is 22.0 Å². The molecule has 0 amide bonds. The molecular weight excluding hydrogens is 318 g/mol. The highest BCUT2D eigenvalue weighted by Crippen LogP contribution is 2.37. The van der Waals surface area contributed by atoms with Crippen LogP contribution in [-0.2, 0) is 13.0 Å². The van der Waals surface area contributed by atoms with Gasteiger partial charge in [0, 0.05) is 23.7 Å². The summed E-state index contributed by atoms with van der Waals surface area (Å²) in [6.45, 7) is 5.97. The second-order valence-corrected chi connectivity index (χ2v) is 7.27. The van der Waals surface area contributed by atoms with Crippen molar-refractivity contribution >= 4 is 33.2 Å². The molecule has 0 bridgehead atoms. The van der Waals surface area contributed by atoms with Crippen LogP contribution in [0.2, 0.25) is 5.15 Å². The standard InChI is InChI=1S/C15H16ClN5S/c1-8-6-9(2)21(19-8)15-17-13(16)12-10-4-5-20(3)7-11(10)22-14(12)18-15/h6H,4-5,7H2,1-3H3. The summed E-state index contributed by atoms with van der Waals surface area (Å²) in [5.74, 6) is 0.551. The molecule has 7 heteroatoms. The molecule has 0 radical (unpaired) electrons. The molecule has 0 unspecified atom stereocenters. The van der Waals surface area contributed by atoms with Crippen molar-refractivity contribution in [2.24, 2.45) is 0 Å². The first-order valence-electron chi connectivity index (χ1n) is 7.23. The fourth-order valence-electron chi connectivity index (χ4n) is 2.99. The van der Waals surface area contributed by atoms with Gasteiger partial charge >= 0.3 is 0 Å². The number of hydrogen-bond acceptors (Lipinski definition) is 5. The molecule has 5 nitrogen and oxygen atoms in total. The highest BCUT2D eigenvalue weighted by atomic mass is 35.5. The number of fused-ring (bicyclic) bond motifs is 3. The van der Waals surface area contributed by atoms with Gasteiger partial charge in [0.25, 0.3) is 5.95 Å². The minimum absolute atomic E-state index is 0.537.